The van der Waals surface area contributed by atoms with Crippen LogP contribution in [0.4, 0.5) is 10.1 Å². The van der Waals surface area contributed by atoms with Gasteiger partial charge in [-0.25, -0.2) is 4.39 Å². The van der Waals surface area contributed by atoms with E-state index >= 15 is 0 Å². The van der Waals surface area contributed by atoms with Crippen molar-refractivity contribution in [2.24, 2.45) is 0 Å². The van der Waals surface area contributed by atoms with Gasteiger partial charge in [0.1, 0.15) is 11.9 Å². The molecule has 1 saturated heterocycles. The summed E-state index contributed by atoms with van der Waals surface area (Å²) in [5, 5.41) is 6.35. The molecule has 6 heteroatoms. The van der Waals surface area contributed by atoms with Gasteiger partial charge in [0.2, 0.25) is 5.91 Å². The van der Waals surface area contributed by atoms with Crippen LogP contribution in [0, 0.1) is 12.7 Å². The van der Waals surface area contributed by atoms with Gasteiger partial charge in [-0.2, -0.15) is 0 Å². The van der Waals surface area contributed by atoms with Crippen molar-refractivity contribution < 1.29 is 9.18 Å². The van der Waals surface area contributed by atoms with Gasteiger partial charge in [-0.15, -0.1) is 0 Å². The first-order valence-corrected chi connectivity index (χ1v) is 9.57. The van der Waals surface area contributed by atoms with Gasteiger partial charge < -0.3 is 10.6 Å². The zero-order valence-electron chi connectivity index (χ0n) is 15.7. The summed E-state index contributed by atoms with van der Waals surface area (Å²) in [7, 11) is 0. The molecular weight excluding hydrogens is 343 g/mol. The first kappa shape index (κ1) is 19.3. The largest absolute Gasteiger partial charge is 0.383 e. The van der Waals surface area contributed by atoms with Crippen molar-refractivity contribution in [3.63, 3.8) is 0 Å². The summed E-state index contributed by atoms with van der Waals surface area (Å²) in [4.78, 5) is 19.2. The van der Waals surface area contributed by atoms with E-state index in [1.165, 1.54) is 18.6 Å². The third-order valence-corrected chi connectivity index (χ3v) is 4.95. The lowest BCUT2D eigenvalue weighted by atomic mass is 10.0. The normalized spacial score (nSPS) is 15.9. The molecule has 0 radical (unpaired) electrons. The van der Waals surface area contributed by atoms with E-state index in [0.717, 1.165) is 42.7 Å². The van der Waals surface area contributed by atoms with Crippen LogP contribution in [0.1, 0.15) is 36.4 Å². The number of amides is 1. The van der Waals surface area contributed by atoms with E-state index in [4.69, 9.17) is 0 Å². The van der Waals surface area contributed by atoms with Gasteiger partial charge in [0.05, 0.1) is 0 Å². The van der Waals surface area contributed by atoms with Crippen molar-refractivity contribution in [3.05, 3.63) is 59.7 Å². The maximum absolute atomic E-state index is 13.3. The molecule has 2 aromatic rings. The summed E-state index contributed by atoms with van der Waals surface area (Å²) in [5.41, 5.74) is 2.93. The average molecular weight is 370 g/mol. The number of benzene rings is 1. The number of rotatable bonds is 7. The summed E-state index contributed by atoms with van der Waals surface area (Å²) < 4.78 is 13.3. The predicted octanol–water partition coefficient (Wildman–Crippen LogP) is 3.28. The van der Waals surface area contributed by atoms with Crippen molar-refractivity contribution in [3.8, 4) is 0 Å². The molecule has 1 amide bonds. The number of nitrogens with zero attached hydrogens (tertiary/aromatic N) is 2. The van der Waals surface area contributed by atoms with Gasteiger partial charge >= 0.3 is 0 Å². The van der Waals surface area contributed by atoms with E-state index in [1.807, 2.05) is 19.2 Å². The number of nitrogens with one attached hydrogen (secondary N) is 2. The smallest absolute Gasteiger partial charge is 0.242 e. The number of carbonyl (C=O) groups is 1. The number of aromatic nitrogens is 1. The highest BCUT2D eigenvalue weighted by atomic mass is 19.1. The fourth-order valence-electron chi connectivity index (χ4n) is 3.50. The second-order valence-corrected chi connectivity index (χ2v) is 6.96. The molecule has 0 saturated carbocycles. The van der Waals surface area contributed by atoms with Crippen molar-refractivity contribution in [1.82, 2.24) is 15.2 Å². The molecule has 1 aromatic carbocycles. The predicted molar refractivity (Wildman–Crippen MR) is 105 cm³/mol. The van der Waals surface area contributed by atoms with E-state index in [0.29, 0.717) is 13.1 Å². The van der Waals surface area contributed by atoms with Crippen LogP contribution in [0.15, 0.2) is 42.7 Å². The number of hydrogen-bond acceptors (Lipinski definition) is 4. The van der Waals surface area contributed by atoms with Gasteiger partial charge in [-0.05, 0) is 62.2 Å². The molecule has 3 rings (SSSR count). The molecule has 1 fully saturated rings. The van der Waals surface area contributed by atoms with E-state index in [9.17, 15) is 9.18 Å². The van der Waals surface area contributed by atoms with Crippen molar-refractivity contribution in [2.75, 3.05) is 31.5 Å². The lowest BCUT2D eigenvalue weighted by Crippen LogP contribution is -2.44. The van der Waals surface area contributed by atoms with Crippen molar-refractivity contribution in [1.29, 1.82) is 0 Å². The van der Waals surface area contributed by atoms with E-state index in [2.05, 4.69) is 20.5 Å². The molecule has 27 heavy (non-hydrogen) atoms. The Labute approximate surface area is 160 Å². The number of piperidine rings is 1. The quantitative estimate of drug-likeness (QED) is 0.735. The van der Waals surface area contributed by atoms with Crippen LogP contribution < -0.4 is 10.6 Å². The second kappa shape index (κ2) is 9.46. The van der Waals surface area contributed by atoms with Crippen LogP contribution in [-0.2, 0) is 4.79 Å². The summed E-state index contributed by atoms with van der Waals surface area (Å²) in [6.07, 6.45) is 6.93. The molecule has 0 bridgehead atoms. The molecule has 0 spiro atoms. The van der Waals surface area contributed by atoms with Crippen LogP contribution in [0.3, 0.4) is 0 Å². The molecule has 2 N–H and O–H groups in total. The molecular formula is C21H27FN4O. The zero-order valence-corrected chi connectivity index (χ0v) is 15.7. The number of likely N-dealkylation sites (tertiary alicyclic amines) is 1. The third-order valence-electron chi connectivity index (χ3n) is 4.95. The van der Waals surface area contributed by atoms with Crippen LogP contribution in [0.25, 0.3) is 0 Å². The molecule has 1 aromatic heterocycles. The summed E-state index contributed by atoms with van der Waals surface area (Å²) in [6, 6.07) is 7.83. The Kier molecular flexibility index (Phi) is 6.76. The van der Waals surface area contributed by atoms with Crippen LogP contribution in [0.2, 0.25) is 0 Å². The van der Waals surface area contributed by atoms with Crippen LogP contribution in [0.5, 0.6) is 0 Å². The number of pyridine rings is 1. The molecule has 1 unspecified atom stereocenters. The first-order chi connectivity index (χ1) is 13.1. The summed E-state index contributed by atoms with van der Waals surface area (Å²) in [6.45, 7) is 4.93. The Balaban J connectivity index is 1.60. The molecule has 1 aliphatic heterocycles. The van der Waals surface area contributed by atoms with Gasteiger partial charge in [0, 0.05) is 31.2 Å². The maximum Gasteiger partial charge on any atom is 0.242 e. The van der Waals surface area contributed by atoms with Crippen molar-refractivity contribution >= 4 is 11.6 Å². The lowest BCUT2D eigenvalue weighted by Gasteiger charge is -2.34. The molecule has 1 atom stereocenters. The van der Waals surface area contributed by atoms with Crippen LogP contribution in [-0.4, -0.2) is 42.0 Å². The first-order valence-electron chi connectivity index (χ1n) is 9.57. The molecule has 1 aliphatic rings. The number of halogens is 1. The molecule has 5 nitrogen and oxygen atoms in total. The monoisotopic (exact) mass is 370 g/mol. The second-order valence-electron chi connectivity index (χ2n) is 6.96. The Bertz CT molecular complexity index is 744. The molecule has 0 aliphatic carbocycles. The molecule has 2 heterocycles. The highest BCUT2D eigenvalue weighted by molar-refractivity contribution is 5.83. The van der Waals surface area contributed by atoms with E-state index in [1.54, 1.807) is 18.3 Å². The minimum absolute atomic E-state index is 0.0308. The van der Waals surface area contributed by atoms with Gasteiger partial charge in [-0.3, -0.25) is 14.7 Å². The minimum atomic E-state index is -0.367. The Morgan fingerprint density at radius 1 is 1.15 bits per heavy atom. The standard InChI is InChI=1S/C21H27FN4O/c1-16-15-23-10-9-19(16)24-11-12-25-21(27)20(26-13-3-2-4-14-26)17-5-7-18(22)8-6-17/h5-10,15,20H,2-4,11-14H2,1H3,(H,23,24)(H,25,27). The van der Waals surface area contributed by atoms with Gasteiger partial charge in [-0.1, -0.05) is 18.6 Å². The number of hydrogen-bond donors (Lipinski definition) is 2. The van der Waals surface area contributed by atoms with Crippen molar-refractivity contribution in [2.45, 2.75) is 32.2 Å². The minimum Gasteiger partial charge on any atom is -0.383 e. The fraction of sp³-hybridized carbons (Fsp3) is 0.429. The van der Waals surface area contributed by atoms with Gasteiger partial charge in [0.15, 0.2) is 0 Å². The highest BCUT2D eigenvalue weighted by Crippen LogP contribution is 2.25. The Morgan fingerprint density at radius 2 is 1.89 bits per heavy atom. The van der Waals surface area contributed by atoms with Gasteiger partial charge in [0.25, 0.3) is 0 Å². The van der Waals surface area contributed by atoms with E-state index < -0.39 is 0 Å². The fourth-order valence-corrected chi connectivity index (χ4v) is 3.50. The van der Waals surface area contributed by atoms with Crippen LogP contribution >= 0.6 is 0 Å². The maximum atomic E-state index is 13.3. The number of carbonyl (C=O) groups excluding carboxylic acids is 1. The van der Waals surface area contributed by atoms with E-state index in [-0.39, 0.29) is 17.8 Å². The Morgan fingerprint density at radius 3 is 2.59 bits per heavy atom. The SMILES string of the molecule is Cc1cnccc1NCCNC(=O)C(c1ccc(F)cc1)N1CCCCC1. The molecule has 144 valence electrons. The summed E-state index contributed by atoms with van der Waals surface area (Å²) in [5.74, 6) is -0.315. The Hall–Kier alpha value is -2.47. The average Bonchev–Trinajstić information content (AvgIpc) is 2.69. The third kappa shape index (κ3) is 5.26. The number of aryl methyl sites for hydroxylation is 1. The zero-order chi connectivity index (χ0) is 19.1. The topological polar surface area (TPSA) is 57.3 Å². The summed E-state index contributed by atoms with van der Waals surface area (Å²) >= 11 is 0. The highest BCUT2D eigenvalue weighted by Gasteiger charge is 2.28. The number of anilines is 1. The lowest BCUT2D eigenvalue weighted by molar-refractivity contribution is -0.127.